The van der Waals surface area contributed by atoms with E-state index in [1.54, 1.807) is 32.4 Å². The third-order valence-electron chi connectivity index (χ3n) is 3.82. The summed E-state index contributed by atoms with van der Waals surface area (Å²) in [6.45, 7) is 1.86. The van der Waals surface area contributed by atoms with Crippen LogP contribution in [0.5, 0.6) is 17.2 Å². The van der Waals surface area contributed by atoms with Gasteiger partial charge in [-0.25, -0.2) is 4.98 Å². The molecular formula is C20H20N2O4S. The monoisotopic (exact) mass is 384 g/mol. The highest BCUT2D eigenvalue weighted by Gasteiger charge is 2.13. The fraction of sp³-hybridized carbons (Fsp3) is 0.200. The number of aromatic nitrogens is 1. The molecule has 6 nitrogen and oxygen atoms in total. The summed E-state index contributed by atoms with van der Waals surface area (Å²) in [5.74, 6) is 1.76. The molecule has 0 fully saturated rings. The smallest absolute Gasteiger partial charge is 0.264 e. The van der Waals surface area contributed by atoms with E-state index in [1.165, 1.54) is 11.3 Å². The molecule has 0 aliphatic rings. The fourth-order valence-electron chi connectivity index (χ4n) is 2.46. The van der Waals surface area contributed by atoms with Crippen LogP contribution in [0.2, 0.25) is 0 Å². The third kappa shape index (κ3) is 4.77. The van der Waals surface area contributed by atoms with Gasteiger partial charge in [0.05, 0.1) is 19.9 Å². The zero-order valence-corrected chi connectivity index (χ0v) is 16.1. The minimum Gasteiger partial charge on any atom is -0.497 e. The number of benzene rings is 2. The average Bonchev–Trinajstić information content (AvgIpc) is 3.06. The molecule has 0 atom stereocenters. The van der Waals surface area contributed by atoms with Crippen LogP contribution in [0.3, 0.4) is 0 Å². The minimum absolute atomic E-state index is 0.107. The number of rotatable bonds is 7. The Morgan fingerprint density at radius 3 is 2.44 bits per heavy atom. The Labute approximate surface area is 161 Å². The molecule has 0 saturated carbocycles. The van der Waals surface area contributed by atoms with Crippen molar-refractivity contribution in [3.63, 3.8) is 0 Å². The molecule has 0 aliphatic carbocycles. The van der Waals surface area contributed by atoms with E-state index in [4.69, 9.17) is 14.2 Å². The number of hydrogen-bond acceptors (Lipinski definition) is 6. The lowest BCUT2D eigenvalue weighted by Crippen LogP contribution is -2.20. The van der Waals surface area contributed by atoms with E-state index in [0.29, 0.717) is 16.6 Å². The summed E-state index contributed by atoms with van der Waals surface area (Å²) < 4.78 is 15.8. The molecule has 27 heavy (non-hydrogen) atoms. The molecule has 0 radical (unpaired) electrons. The summed E-state index contributed by atoms with van der Waals surface area (Å²) >= 11 is 1.43. The molecule has 3 rings (SSSR count). The number of methoxy groups -OCH3 is 2. The number of amides is 1. The molecule has 1 heterocycles. The van der Waals surface area contributed by atoms with Gasteiger partial charge < -0.3 is 14.2 Å². The lowest BCUT2D eigenvalue weighted by molar-refractivity contribution is -0.118. The van der Waals surface area contributed by atoms with Crippen molar-refractivity contribution in [1.29, 1.82) is 0 Å². The Morgan fingerprint density at radius 1 is 1.04 bits per heavy atom. The Balaban J connectivity index is 1.62. The number of carbonyl (C=O) groups is 1. The maximum absolute atomic E-state index is 12.2. The summed E-state index contributed by atoms with van der Waals surface area (Å²) in [5.41, 5.74) is 1.81. The van der Waals surface area contributed by atoms with Crippen LogP contribution in [-0.2, 0) is 4.79 Å². The SMILES string of the molecule is COc1ccc(-c2nc(NC(=O)COc3cccc(OC)c3)sc2C)cc1. The Kier molecular flexibility index (Phi) is 5.93. The topological polar surface area (TPSA) is 69.7 Å². The van der Waals surface area contributed by atoms with Gasteiger partial charge in [-0.05, 0) is 43.3 Å². The molecule has 1 N–H and O–H groups in total. The summed E-state index contributed by atoms with van der Waals surface area (Å²) in [5, 5.41) is 3.32. The maximum Gasteiger partial charge on any atom is 0.264 e. The second-order valence-corrected chi connectivity index (χ2v) is 6.87. The average molecular weight is 384 g/mol. The number of carbonyl (C=O) groups excluding carboxylic acids is 1. The first-order chi connectivity index (χ1) is 13.1. The summed E-state index contributed by atoms with van der Waals surface area (Å²) in [7, 11) is 3.21. The second kappa shape index (κ2) is 8.55. The number of nitrogens with one attached hydrogen (secondary N) is 1. The van der Waals surface area contributed by atoms with E-state index < -0.39 is 0 Å². The quantitative estimate of drug-likeness (QED) is 0.663. The van der Waals surface area contributed by atoms with Gasteiger partial charge in [-0.2, -0.15) is 0 Å². The van der Waals surface area contributed by atoms with Crippen molar-refractivity contribution < 1.29 is 19.0 Å². The summed E-state index contributed by atoms with van der Waals surface area (Å²) in [6.07, 6.45) is 0. The fourth-order valence-corrected chi connectivity index (χ4v) is 3.31. The van der Waals surface area contributed by atoms with Crippen molar-refractivity contribution >= 4 is 22.4 Å². The van der Waals surface area contributed by atoms with Crippen molar-refractivity contribution in [3.05, 3.63) is 53.4 Å². The number of thiazole rings is 1. The number of aryl methyl sites for hydroxylation is 1. The van der Waals surface area contributed by atoms with E-state index in [2.05, 4.69) is 10.3 Å². The lowest BCUT2D eigenvalue weighted by Gasteiger charge is -2.07. The van der Waals surface area contributed by atoms with Gasteiger partial charge in [-0.15, -0.1) is 11.3 Å². The van der Waals surface area contributed by atoms with Gasteiger partial charge in [0, 0.05) is 16.5 Å². The molecule has 2 aromatic carbocycles. The van der Waals surface area contributed by atoms with E-state index in [-0.39, 0.29) is 12.5 Å². The van der Waals surface area contributed by atoms with Crippen molar-refractivity contribution in [2.24, 2.45) is 0 Å². The molecule has 3 aromatic rings. The third-order valence-corrected chi connectivity index (χ3v) is 4.70. The zero-order chi connectivity index (χ0) is 19.2. The van der Waals surface area contributed by atoms with Gasteiger partial charge in [0.2, 0.25) is 0 Å². The van der Waals surface area contributed by atoms with Gasteiger partial charge in [0.15, 0.2) is 11.7 Å². The maximum atomic E-state index is 12.2. The van der Waals surface area contributed by atoms with Crippen molar-refractivity contribution in [2.75, 3.05) is 26.1 Å². The largest absolute Gasteiger partial charge is 0.497 e. The zero-order valence-electron chi connectivity index (χ0n) is 15.3. The standard InChI is InChI=1S/C20H20N2O4S/c1-13-19(14-7-9-15(24-2)10-8-14)22-20(27-13)21-18(23)12-26-17-6-4-5-16(11-17)25-3/h4-11H,12H2,1-3H3,(H,21,22,23). The highest BCUT2D eigenvalue weighted by molar-refractivity contribution is 7.16. The van der Waals surface area contributed by atoms with Crippen LogP contribution >= 0.6 is 11.3 Å². The van der Waals surface area contributed by atoms with E-state index in [0.717, 1.165) is 21.9 Å². The number of anilines is 1. The van der Waals surface area contributed by atoms with Crippen LogP contribution in [0.1, 0.15) is 4.88 Å². The predicted octanol–water partition coefficient (Wildman–Crippen LogP) is 4.15. The lowest BCUT2D eigenvalue weighted by atomic mass is 10.1. The molecule has 0 saturated heterocycles. The van der Waals surface area contributed by atoms with Crippen LogP contribution in [0.4, 0.5) is 5.13 Å². The first kappa shape index (κ1) is 18.7. The van der Waals surface area contributed by atoms with Crippen LogP contribution in [0.15, 0.2) is 48.5 Å². The van der Waals surface area contributed by atoms with Crippen LogP contribution in [0, 0.1) is 6.92 Å². The summed E-state index contributed by atoms with van der Waals surface area (Å²) in [6, 6.07) is 14.8. The van der Waals surface area contributed by atoms with Gasteiger partial charge in [-0.1, -0.05) is 6.07 Å². The van der Waals surface area contributed by atoms with Gasteiger partial charge in [0.25, 0.3) is 5.91 Å². The number of ether oxygens (including phenoxy) is 3. The number of nitrogens with zero attached hydrogens (tertiary/aromatic N) is 1. The van der Waals surface area contributed by atoms with Crippen LogP contribution in [0.25, 0.3) is 11.3 Å². The predicted molar refractivity (Wildman–Crippen MR) is 106 cm³/mol. The van der Waals surface area contributed by atoms with Crippen LogP contribution in [-0.4, -0.2) is 31.7 Å². The molecule has 140 valence electrons. The highest BCUT2D eigenvalue weighted by atomic mass is 32.1. The Hall–Kier alpha value is -3.06. The van der Waals surface area contributed by atoms with E-state index >= 15 is 0 Å². The van der Waals surface area contributed by atoms with E-state index in [9.17, 15) is 4.79 Å². The number of hydrogen-bond donors (Lipinski definition) is 1. The van der Waals surface area contributed by atoms with Crippen molar-refractivity contribution in [3.8, 4) is 28.5 Å². The molecule has 0 unspecified atom stereocenters. The molecule has 0 spiro atoms. The normalized spacial score (nSPS) is 10.3. The molecule has 1 amide bonds. The summed E-state index contributed by atoms with van der Waals surface area (Å²) in [4.78, 5) is 17.7. The first-order valence-electron chi connectivity index (χ1n) is 8.27. The van der Waals surface area contributed by atoms with Gasteiger partial charge in [-0.3, -0.25) is 10.1 Å². The minimum atomic E-state index is -0.271. The second-order valence-electron chi connectivity index (χ2n) is 5.67. The van der Waals surface area contributed by atoms with Crippen molar-refractivity contribution in [1.82, 2.24) is 4.98 Å². The highest BCUT2D eigenvalue weighted by Crippen LogP contribution is 2.31. The van der Waals surface area contributed by atoms with Crippen LogP contribution < -0.4 is 19.5 Å². The van der Waals surface area contributed by atoms with Crippen molar-refractivity contribution in [2.45, 2.75) is 6.92 Å². The first-order valence-corrected chi connectivity index (χ1v) is 9.09. The molecule has 7 heteroatoms. The molecular weight excluding hydrogens is 364 g/mol. The van der Waals surface area contributed by atoms with E-state index in [1.807, 2.05) is 37.3 Å². The Bertz CT molecular complexity index is 922. The van der Waals surface area contributed by atoms with Gasteiger partial charge in [0.1, 0.15) is 17.2 Å². The molecule has 0 bridgehead atoms. The Morgan fingerprint density at radius 2 is 1.74 bits per heavy atom. The van der Waals surface area contributed by atoms with Gasteiger partial charge >= 0.3 is 0 Å². The molecule has 0 aliphatic heterocycles. The molecule has 1 aromatic heterocycles.